The Morgan fingerprint density at radius 1 is 0.906 bits per heavy atom. The van der Waals surface area contributed by atoms with Crippen LogP contribution in [0.2, 0.25) is 0 Å². The van der Waals surface area contributed by atoms with Crippen LogP contribution in [0, 0.1) is 0 Å². The highest BCUT2D eigenvalue weighted by molar-refractivity contribution is 5.91. The molecule has 162 valence electrons. The minimum Gasteiger partial charge on any atom is -0.493 e. The van der Waals surface area contributed by atoms with Crippen LogP contribution in [0.15, 0.2) is 78.9 Å². The molecule has 4 aromatic rings. The normalized spacial score (nSPS) is 10.8. The predicted octanol–water partition coefficient (Wildman–Crippen LogP) is 3.85. The molecule has 0 radical (unpaired) electrons. The summed E-state index contributed by atoms with van der Waals surface area (Å²) in [7, 11) is 0. The average molecular weight is 428 g/mol. The van der Waals surface area contributed by atoms with E-state index in [1.165, 1.54) is 0 Å². The van der Waals surface area contributed by atoms with Crippen LogP contribution in [-0.4, -0.2) is 28.0 Å². The maximum Gasteiger partial charge on any atom is 0.224 e. The fourth-order valence-corrected chi connectivity index (χ4v) is 3.46. The fourth-order valence-electron chi connectivity index (χ4n) is 3.46. The van der Waals surface area contributed by atoms with Gasteiger partial charge < -0.3 is 15.8 Å². The molecule has 3 aromatic carbocycles. The molecular weight excluding hydrogens is 404 g/mol. The molecule has 4 rings (SSSR count). The molecule has 0 unspecified atom stereocenters. The van der Waals surface area contributed by atoms with Crippen molar-refractivity contribution in [1.29, 1.82) is 0 Å². The van der Waals surface area contributed by atoms with Crippen molar-refractivity contribution in [2.75, 3.05) is 11.9 Å². The zero-order valence-electron chi connectivity index (χ0n) is 17.5. The number of carbonyl (C=O) groups excluding carboxylic acids is 2. The number of nitrogens with two attached hydrogens (primary N) is 1. The summed E-state index contributed by atoms with van der Waals surface area (Å²) in [4.78, 5) is 28.1. The number of nitrogens with one attached hydrogen (secondary N) is 1. The van der Waals surface area contributed by atoms with Crippen LogP contribution in [0.4, 0.5) is 5.69 Å². The molecule has 2 amide bonds. The third kappa shape index (κ3) is 5.13. The number of aromatic nitrogens is 2. The molecule has 0 aliphatic rings. The van der Waals surface area contributed by atoms with E-state index in [0.29, 0.717) is 24.3 Å². The first-order valence-electron chi connectivity index (χ1n) is 10.4. The van der Waals surface area contributed by atoms with Gasteiger partial charge in [0.05, 0.1) is 24.1 Å². The zero-order chi connectivity index (χ0) is 22.3. The third-order valence-electron chi connectivity index (χ3n) is 4.98. The molecule has 7 heteroatoms. The molecule has 0 aliphatic carbocycles. The van der Waals surface area contributed by atoms with Crippen LogP contribution in [0.1, 0.15) is 18.7 Å². The average Bonchev–Trinajstić information content (AvgIpc) is 3.18. The number of aryl methyl sites for hydroxylation is 1. The topological polar surface area (TPSA) is 99.2 Å². The van der Waals surface area contributed by atoms with Gasteiger partial charge in [0, 0.05) is 24.2 Å². The molecule has 1 aromatic heterocycles. The van der Waals surface area contributed by atoms with Crippen molar-refractivity contribution in [3.05, 3.63) is 84.7 Å². The van der Waals surface area contributed by atoms with E-state index in [-0.39, 0.29) is 18.9 Å². The maximum absolute atomic E-state index is 12.5. The van der Waals surface area contributed by atoms with Crippen LogP contribution < -0.4 is 15.8 Å². The highest BCUT2D eigenvalue weighted by atomic mass is 16.5. The number of fused-ring (bicyclic) bond motifs is 1. The van der Waals surface area contributed by atoms with Crippen LogP contribution in [-0.2, 0) is 16.0 Å². The van der Waals surface area contributed by atoms with E-state index in [0.717, 1.165) is 22.5 Å². The lowest BCUT2D eigenvalue weighted by atomic mass is 10.2. The van der Waals surface area contributed by atoms with Crippen molar-refractivity contribution in [3.63, 3.8) is 0 Å². The number of primary amides is 1. The zero-order valence-corrected chi connectivity index (χ0v) is 17.5. The van der Waals surface area contributed by atoms with E-state index < -0.39 is 5.91 Å². The molecule has 0 saturated carbocycles. The summed E-state index contributed by atoms with van der Waals surface area (Å²) >= 11 is 0. The summed E-state index contributed by atoms with van der Waals surface area (Å²) in [6.07, 6.45) is 0.961. The Morgan fingerprint density at radius 3 is 2.38 bits per heavy atom. The Labute approximate surface area is 185 Å². The Kier molecular flexibility index (Phi) is 6.46. The number of anilines is 1. The van der Waals surface area contributed by atoms with Gasteiger partial charge in [-0.05, 0) is 48.5 Å². The number of amides is 2. The number of rotatable bonds is 9. The molecule has 0 bridgehead atoms. The quantitative estimate of drug-likeness (QED) is 0.423. The van der Waals surface area contributed by atoms with Crippen LogP contribution >= 0.6 is 0 Å². The lowest BCUT2D eigenvalue weighted by molar-refractivity contribution is -0.118. The fraction of sp³-hybridized carbons (Fsp3) is 0.160. The van der Waals surface area contributed by atoms with Crippen molar-refractivity contribution in [3.8, 4) is 11.4 Å². The number of ether oxygens (including phenoxy) is 1. The van der Waals surface area contributed by atoms with Crippen molar-refractivity contribution < 1.29 is 14.3 Å². The molecular formula is C25H24N4O3. The second-order valence-corrected chi connectivity index (χ2v) is 7.33. The number of hydrogen-bond acceptors (Lipinski definition) is 4. The lowest BCUT2D eigenvalue weighted by Gasteiger charge is -2.10. The van der Waals surface area contributed by atoms with Crippen LogP contribution in [0.25, 0.3) is 16.7 Å². The molecule has 0 aliphatic heterocycles. The van der Waals surface area contributed by atoms with E-state index in [9.17, 15) is 9.59 Å². The monoisotopic (exact) mass is 428 g/mol. The van der Waals surface area contributed by atoms with Gasteiger partial charge in [-0.25, -0.2) is 4.98 Å². The summed E-state index contributed by atoms with van der Waals surface area (Å²) in [5, 5.41) is 2.90. The number of para-hydroxylation sites is 3. The Morgan fingerprint density at radius 2 is 1.62 bits per heavy atom. The maximum atomic E-state index is 12.5. The molecule has 1 heterocycles. The SMILES string of the molecule is NC(=O)CCOc1ccc(NC(=O)CCc2nc3ccccc3n2-c2ccccc2)cc1. The summed E-state index contributed by atoms with van der Waals surface area (Å²) in [6, 6.07) is 25.0. The second-order valence-electron chi connectivity index (χ2n) is 7.33. The van der Waals surface area contributed by atoms with Crippen molar-refractivity contribution >= 4 is 28.5 Å². The van der Waals surface area contributed by atoms with E-state index >= 15 is 0 Å². The highest BCUT2D eigenvalue weighted by Crippen LogP contribution is 2.22. The first-order valence-corrected chi connectivity index (χ1v) is 10.4. The third-order valence-corrected chi connectivity index (χ3v) is 4.98. The van der Waals surface area contributed by atoms with Gasteiger partial charge in [0.25, 0.3) is 0 Å². The van der Waals surface area contributed by atoms with E-state index in [1.54, 1.807) is 24.3 Å². The Hall–Kier alpha value is -4.13. The van der Waals surface area contributed by atoms with E-state index in [4.69, 9.17) is 15.5 Å². The van der Waals surface area contributed by atoms with Gasteiger partial charge in [0.1, 0.15) is 11.6 Å². The van der Waals surface area contributed by atoms with Gasteiger partial charge >= 0.3 is 0 Å². The van der Waals surface area contributed by atoms with Crippen LogP contribution in [0.3, 0.4) is 0 Å². The number of carbonyl (C=O) groups is 2. The minimum absolute atomic E-state index is 0.0981. The van der Waals surface area contributed by atoms with Crippen molar-refractivity contribution in [2.24, 2.45) is 5.73 Å². The molecule has 32 heavy (non-hydrogen) atoms. The van der Waals surface area contributed by atoms with Gasteiger partial charge in [-0.2, -0.15) is 0 Å². The van der Waals surface area contributed by atoms with Crippen LogP contribution in [0.5, 0.6) is 5.75 Å². The van der Waals surface area contributed by atoms with E-state index in [1.807, 2.05) is 54.6 Å². The molecule has 0 saturated heterocycles. The first kappa shape index (κ1) is 21.1. The summed E-state index contributed by atoms with van der Waals surface area (Å²) in [5.41, 5.74) is 8.71. The number of nitrogens with zero attached hydrogens (tertiary/aromatic N) is 2. The number of benzene rings is 3. The van der Waals surface area contributed by atoms with Gasteiger partial charge in [-0.3, -0.25) is 14.2 Å². The lowest BCUT2D eigenvalue weighted by Crippen LogP contribution is -2.15. The number of hydrogen-bond donors (Lipinski definition) is 2. The van der Waals surface area contributed by atoms with E-state index in [2.05, 4.69) is 9.88 Å². The second kappa shape index (κ2) is 9.78. The summed E-state index contributed by atoms with van der Waals surface area (Å²) in [6.45, 7) is 0.226. The minimum atomic E-state index is -0.408. The van der Waals surface area contributed by atoms with Gasteiger partial charge in [0.2, 0.25) is 11.8 Å². The van der Waals surface area contributed by atoms with Gasteiger partial charge in [-0.1, -0.05) is 30.3 Å². The predicted molar refractivity (Wildman–Crippen MR) is 124 cm³/mol. The Balaban J connectivity index is 1.41. The smallest absolute Gasteiger partial charge is 0.224 e. The molecule has 0 fully saturated rings. The first-order chi connectivity index (χ1) is 15.6. The highest BCUT2D eigenvalue weighted by Gasteiger charge is 2.13. The number of imidazole rings is 1. The largest absolute Gasteiger partial charge is 0.493 e. The van der Waals surface area contributed by atoms with Gasteiger partial charge in [0.15, 0.2) is 0 Å². The summed E-state index contributed by atoms with van der Waals surface area (Å²) in [5.74, 6) is 0.945. The molecule has 3 N–H and O–H groups in total. The Bertz CT molecular complexity index is 1220. The van der Waals surface area contributed by atoms with Crippen molar-refractivity contribution in [2.45, 2.75) is 19.3 Å². The molecule has 0 spiro atoms. The standard InChI is InChI=1S/C25H24N4O3/c26-23(30)16-17-32-20-12-10-18(11-13-20)27-25(31)15-14-24-28-21-8-4-5-9-22(21)29(24)19-6-2-1-3-7-19/h1-13H,14-17H2,(H2,26,30)(H,27,31). The van der Waals surface area contributed by atoms with Crippen molar-refractivity contribution in [1.82, 2.24) is 9.55 Å². The van der Waals surface area contributed by atoms with Gasteiger partial charge in [-0.15, -0.1) is 0 Å². The molecule has 7 nitrogen and oxygen atoms in total. The summed E-state index contributed by atoms with van der Waals surface area (Å²) < 4.78 is 7.54. The molecule has 0 atom stereocenters.